The Morgan fingerprint density at radius 3 is 2.00 bits per heavy atom. The molecule has 1 aliphatic rings. The SMILES string of the molecule is CC(=Cc1ccc2c(c1)C(C)(C)CCC2(C)C)c1c(C)cccc1C. The summed E-state index contributed by atoms with van der Waals surface area (Å²) >= 11 is 0. The molecule has 0 N–H and O–H groups in total. The van der Waals surface area contributed by atoms with Crippen LogP contribution in [0.15, 0.2) is 36.4 Å². The van der Waals surface area contributed by atoms with Gasteiger partial charge in [0.15, 0.2) is 0 Å². The lowest BCUT2D eigenvalue weighted by atomic mass is 9.63. The van der Waals surface area contributed by atoms with Crippen LogP contribution in [0.4, 0.5) is 0 Å². The Kier molecular flexibility index (Phi) is 4.43. The van der Waals surface area contributed by atoms with Crippen molar-refractivity contribution in [3.63, 3.8) is 0 Å². The van der Waals surface area contributed by atoms with Crippen molar-refractivity contribution in [3.8, 4) is 0 Å². The molecule has 1 aliphatic carbocycles. The van der Waals surface area contributed by atoms with Crippen LogP contribution in [-0.4, -0.2) is 0 Å². The molecule has 132 valence electrons. The molecule has 0 spiro atoms. The van der Waals surface area contributed by atoms with Gasteiger partial charge in [0, 0.05) is 0 Å². The lowest BCUT2D eigenvalue weighted by Crippen LogP contribution is -2.33. The zero-order valence-electron chi connectivity index (χ0n) is 17.0. The van der Waals surface area contributed by atoms with Gasteiger partial charge in [-0.15, -0.1) is 0 Å². The Morgan fingerprint density at radius 1 is 0.840 bits per heavy atom. The van der Waals surface area contributed by atoms with Crippen LogP contribution in [0.3, 0.4) is 0 Å². The fourth-order valence-electron chi connectivity index (χ4n) is 4.45. The molecule has 0 heteroatoms. The highest BCUT2D eigenvalue weighted by atomic mass is 14.4. The zero-order valence-corrected chi connectivity index (χ0v) is 17.0. The molecule has 2 aromatic rings. The lowest BCUT2D eigenvalue weighted by Gasteiger charge is -2.42. The number of allylic oxidation sites excluding steroid dienone is 1. The number of hydrogen-bond donors (Lipinski definition) is 0. The molecule has 0 amide bonds. The third kappa shape index (κ3) is 3.32. The van der Waals surface area contributed by atoms with Crippen LogP contribution < -0.4 is 0 Å². The highest BCUT2D eigenvalue weighted by Gasteiger charge is 2.36. The number of aryl methyl sites for hydroxylation is 2. The predicted molar refractivity (Wildman–Crippen MR) is 111 cm³/mol. The van der Waals surface area contributed by atoms with Gasteiger partial charge in [0.05, 0.1) is 0 Å². The molecule has 3 rings (SSSR count). The van der Waals surface area contributed by atoms with Crippen molar-refractivity contribution in [2.24, 2.45) is 0 Å². The first-order chi connectivity index (χ1) is 11.6. The molecular formula is C25H32. The van der Waals surface area contributed by atoms with Gasteiger partial charge in [-0.2, -0.15) is 0 Å². The van der Waals surface area contributed by atoms with E-state index < -0.39 is 0 Å². The van der Waals surface area contributed by atoms with Crippen molar-refractivity contribution in [3.05, 3.63) is 69.8 Å². The number of fused-ring (bicyclic) bond motifs is 1. The first-order valence-electron chi connectivity index (χ1n) is 9.52. The third-order valence-corrected chi connectivity index (χ3v) is 6.14. The van der Waals surface area contributed by atoms with Crippen LogP contribution in [0, 0.1) is 13.8 Å². The Bertz CT molecular complexity index is 811. The molecule has 0 radical (unpaired) electrons. The summed E-state index contributed by atoms with van der Waals surface area (Å²) in [6.45, 7) is 16.2. The largest absolute Gasteiger partial charge is 0.0617 e. The Labute approximate surface area is 154 Å². The molecule has 0 nitrogen and oxygen atoms in total. The number of rotatable bonds is 2. The highest BCUT2D eigenvalue weighted by molar-refractivity contribution is 5.83. The van der Waals surface area contributed by atoms with E-state index in [-0.39, 0.29) is 10.8 Å². The maximum atomic E-state index is 2.44. The molecule has 25 heavy (non-hydrogen) atoms. The fraction of sp³-hybridized carbons (Fsp3) is 0.440. The molecule has 0 saturated heterocycles. The first-order valence-corrected chi connectivity index (χ1v) is 9.52. The minimum Gasteiger partial charge on any atom is -0.0617 e. The number of hydrogen-bond acceptors (Lipinski definition) is 0. The van der Waals surface area contributed by atoms with E-state index in [0.29, 0.717) is 0 Å². The minimum atomic E-state index is 0.265. The second-order valence-electron chi connectivity index (χ2n) is 9.17. The zero-order chi connectivity index (χ0) is 18.4. The van der Waals surface area contributed by atoms with E-state index in [1.54, 1.807) is 0 Å². The van der Waals surface area contributed by atoms with Crippen LogP contribution in [0.5, 0.6) is 0 Å². The van der Waals surface area contributed by atoms with Gasteiger partial charge < -0.3 is 0 Å². The summed E-state index contributed by atoms with van der Waals surface area (Å²) in [5.41, 5.74) is 10.4. The van der Waals surface area contributed by atoms with Crippen LogP contribution in [0.25, 0.3) is 11.6 Å². The van der Waals surface area contributed by atoms with Gasteiger partial charge in [0.25, 0.3) is 0 Å². The Morgan fingerprint density at radius 2 is 1.40 bits per heavy atom. The quantitative estimate of drug-likeness (QED) is 0.509. The second kappa shape index (κ2) is 6.16. The average molecular weight is 333 g/mol. The topological polar surface area (TPSA) is 0 Å². The van der Waals surface area contributed by atoms with E-state index in [9.17, 15) is 0 Å². The number of benzene rings is 2. The molecule has 0 aliphatic heterocycles. The van der Waals surface area contributed by atoms with E-state index in [0.717, 1.165) is 0 Å². The standard InChI is InChI=1S/C25H32/c1-17-9-8-10-18(2)23(17)19(3)15-20-11-12-21-22(16-20)25(6,7)14-13-24(21,4)5/h8-12,15-16H,13-14H2,1-7H3. The monoisotopic (exact) mass is 332 g/mol. The molecule has 0 bridgehead atoms. The van der Waals surface area contributed by atoms with E-state index in [4.69, 9.17) is 0 Å². The predicted octanol–water partition coefficient (Wildman–Crippen LogP) is 7.21. The fourth-order valence-corrected chi connectivity index (χ4v) is 4.45. The smallest absolute Gasteiger partial charge is 0.0100 e. The molecular weight excluding hydrogens is 300 g/mol. The van der Waals surface area contributed by atoms with Gasteiger partial charge in [0.1, 0.15) is 0 Å². The maximum Gasteiger partial charge on any atom is -0.0100 e. The lowest BCUT2D eigenvalue weighted by molar-refractivity contribution is 0.332. The normalized spacial score (nSPS) is 18.8. The summed E-state index contributed by atoms with van der Waals surface area (Å²) in [4.78, 5) is 0. The van der Waals surface area contributed by atoms with Gasteiger partial charge in [-0.1, -0.05) is 70.2 Å². The molecule has 0 aromatic heterocycles. The van der Waals surface area contributed by atoms with E-state index in [2.05, 4.69) is 90.9 Å². The molecule has 2 aromatic carbocycles. The average Bonchev–Trinajstić information content (AvgIpc) is 2.52. The van der Waals surface area contributed by atoms with Gasteiger partial charge in [-0.05, 0) is 83.4 Å². The Balaban J connectivity index is 2.08. The first kappa shape index (κ1) is 18.0. The van der Waals surface area contributed by atoms with Gasteiger partial charge in [0.2, 0.25) is 0 Å². The van der Waals surface area contributed by atoms with Crippen LogP contribution in [0.2, 0.25) is 0 Å². The van der Waals surface area contributed by atoms with Crippen LogP contribution >= 0.6 is 0 Å². The van der Waals surface area contributed by atoms with E-state index >= 15 is 0 Å². The summed E-state index contributed by atoms with van der Waals surface area (Å²) in [7, 11) is 0. The summed E-state index contributed by atoms with van der Waals surface area (Å²) < 4.78 is 0. The van der Waals surface area contributed by atoms with Crippen molar-refractivity contribution in [1.82, 2.24) is 0 Å². The Hall–Kier alpha value is -1.82. The van der Waals surface area contributed by atoms with E-state index in [1.807, 2.05) is 0 Å². The molecule has 0 unspecified atom stereocenters. The summed E-state index contributed by atoms with van der Waals surface area (Å²) in [6.07, 6.45) is 4.88. The maximum absolute atomic E-state index is 2.44. The van der Waals surface area contributed by atoms with Crippen molar-refractivity contribution < 1.29 is 0 Å². The summed E-state index contributed by atoms with van der Waals surface area (Å²) in [5.74, 6) is 0. The molecule has 0 heterocycles. The minimum absolute atomic E-state index is 0.265. The second-order valence-corrected chi connectivity index (χ2v) is 9.17. The van der Waals surface area contributed by atoms with Gasteiger partial charge in [-0.25, -0.2) is 0 Å². The van der Waals surface area contributed by atoms with Crippen LogP contribution in [-0.2, 0) is 10.8 Å². The van der Waals surface area contributed by atoms with Gasteiger partial charge >= 0.3 is 0 Å². The summed E-state index contributed by atoms with van der Waals surface area (Å²) in [5, 5.41) is 0. The van der Waals surface area contributed by atoms with Gasteiger partial charge in [-0.3, -0.25) is 0 Å². The molecule has 0 saturated carbocycles. The van der Waals surface area contributed by atoms with Crippen molar-refractivity contribution in [1.29, 1.82) is 0 Å². The summed E-state index contributed by atoms with van der Waals surface area (Å²) in [6, 6.07) is 13.7. The van der Waals surface area contributed by atoms with Crippen molar-refractivity contribution >= 4 is 11.6 Å². The van der Waals surface area contributed by atoms with Crippen LogP contribution in [0.1, 0.15) is 80.8 Å². The third-order valence-electron chi connectivity index (χ3n) is 6.14. The molecule has 0 atom stereocenters. The van der Waals surface area contributed by atoms with E-state index in [1.165, 1.54) is 51.8 Å². The van der Waals surface area contributed by atoms with Crippen molar-refractivity contribution in [2.75, 3.05) is 0 Å². The highest BCUT2D eigenvalue weighted by Crippen LogP contribution is 2.46. The molecule has 0 fully saturated rings. The van der Waals surface area contributed by atoms with Crippen molar-refractivity contribution in [2.45, 2.75) is 72.1 Å².